The third-order valence-corrected chi connectivity index (χ3v) is 7.71. The summed E-state index contributed by atoms with van der Waals surface area (Å²) in [7, 11) is -3.82. The number of carbonyl (C=O) groups is 2. The van der Waals surface area contributed by atoms with E-state index in [-0.39, 0.29) is 27.9 Å². The Balaban J connectivity index is 1.40. The lowest BCUT2D eigenvalue weighted by Crippen LogP contribution is -2.30. The van der Waals surface area contributed by atoms with Crippen LogP contribution >= 0.6 is 11.6 Å². The minimum absolute atomic E-state index is 0.0294. The number of fused-ring (bicyclic) bond motifs is 1. The Morgan fingerprint density at radius 3 is 2.62 bits per heavy atom. The second-order valence-electron chi connectivity index (χ2n) is 8.17. The molecule has 2 aromatic rings. The summed E-state index contributed by atoms with van der Waals surface area (Å²) < 4.78 is 27.9. The average molecular weight is 476 g/mol. The van der Waals surface area contributed by atoms with Gasteiger partial charge in [-0.3, -0.25) is 9.59 Å². The van der Waals surface area contributed by atoms with Crippen LogP contribution < -0.4 is 10.0 Å². The normalized spacial score (nSPS) is 15.8. The Morgan fingerprint density at radius 2 is 1.84 bits per heavy atom. The summed E-state index contributed by atoms with van der Waals surface area (Å²) in [5.74, 6) is -0.345. The van der Waals surface area contributed by atoms with E-state index in [1.165, 1.54) is 29.3 Å². The van der Waals surface area contributed by atoms with Gasteiger partial charge < -0.3 is 10.2 Å². The van der Waals surface area contributed by atoms with Crippen molar-refractivity contribution in [2.45, 2.75) is 43.4 Å². The molecule has 0 saturated carbocycles. The molecule has 1 saturated heterocycles. The fourth-order valence-corrected chi connectivity index (χ4v) is 5.50. The van der Waals surface area contributed by atoms with Gasteiger partial charge in [0.05, 0.1) is 15.5 Å². The van der Waals surface area contributed by atoms with Crippen molar-refractivity contribution < 1.29 is 18.0 Å². The SMILES string of the molecule is O=C(Nc1ccc2c(c1)CCC2)c1cc(S(=O)(=O)NCCCN2CCCC2=O)ccc1Cl. The van der Waals surface area contributed by atoms with E-state index in [9.17, 15) is 18.0 Å². The van der Waals surface area contributed by atoms with Gasteiger partial charge in [-0.2, -0.15) is 0 Å². The van der Waals surface area contributed by atoms with Crippen LogP contribution in [0.4, 0.5) is 5.69 Å². The van der Waals surface area contributed by atoms with Gasteiger partial charge >= 0.3 is 0 Å². The van der Waals surface area contributed by atoms with E-state index in [0.29, 0.717) is 25.1 Å². The lowest BCUT2D eigenvalue weighted by Gasteiger charge is -2.15. The standard InChI is InChI=1S/C23H26ClN3O4S/c24-21-10-9-19(32(30,31)25-11-3-13-27-12-2-6-22(27)28)15-20(21)23(29)26-18-8-7-16-4-1-5-17(16)14-18/h7-10,14-15,25H,1-6,11-13H2,(H,26,29). The average Bonchev–Trinajstić information content (AvgIpc) is 3.39. The number of carbonyl (C=O) groups excluding carboxylic acids is 2. The summed E-state index contributed by atoms with van der Waals surface area (Å²) in [5.41, 5.74) is 3.28. The van der Waals surface area contributed by atoms with E-state index >= 15 is 0 Å². The van der Waals surface area contributed by atoms with Crippen molar-refractivity contribution in [2.24, 2.45) is 0 Å². The number of nitrogens with one attached hydrogen (secondary N) is 2. The fourth-order valence-electron chi connectivity index (χ4n) is 4.19. The Kier molecular flexibility index (Phi) is 6.83. The summed E-state index contributed by atoms with van der Waals surface area (Å²) in [4.78, 5) is 26.2. The van der Waals surface area contributed by atoms with Gasteiger partial charge in [0.15, 0.2) is 0 Å². The predicted octanol–water partition coefficient (Wildman–Crippen LogP) is 3.37. The van der Waals surface area contributed by atoms with E-state index in [0.717, 1.165) is 32.2 Å². The number of likely N-dealkylation sites (tertiary alicyclic amines) is 1. The van der Waals surface area contributed by atoms with Gasteiger partial charge in [-0.1, -0.05) is 17.7 Å². The molecule has 9 heteroatoms. The largest absolute Gasteiger partial charge is 0.343 e. The molecule has 7 nitrogen and oxygen atoms in total. The zero-order valence-corrected chi connectivity index (χ0v) is 19.3. The van der Waals surface area contributed by atoms with Crippen molar-refractivity contribution in [1.82, 2.24) is 9.62 Å². The lowest BCUT2D eigenvalue weighted by atomic mass is 10.1. The summed E-state index contributed by atoms with van der Waals surface area (Å²) in [6.07, 6.45) is 5.09. The minimum Gasteiger partial charge on any atom is -0.343 e. The van der Waals surface area contributed by atoms with Crippen LogP contribution in [0.3, 0.4) is 0 Å². The maximum Gasteiger partial charge on any atom is 0.257 e. The first-order valence-corrected chi connectivity index (χ1v) is 12.7. The Labute approximate surface area is 193 Å². The maximum absolute atomic E-state index is 12.8. The zero-order valence-electron chi connectivity index (χ0n) is 17.7. The molecule has 2 N–H and O–H groups in total. The molecule has 2 aromatic carbocycles. The summed E-state index contributed by atoms with van der Waals surface area (Å²) in [5, 5.41) is 3.00. The highest BCUT2D eigenvalue weighted by atomic mass is 35.5. The van der Waals surface area contributed by atoms with Crippen molar-refractivity contribution in [3.05, 3.63) is 58.1 Å². The molecule has 2 amide bonds. The molecule has 0 atom stereocenters. The van der Waals surface area contributed by atoms with Gasteiger partial charge in [0.2, 0.25) is 15.9 Å². The molecule has 170 valence electrons. The first-order chi connectivity index (χ1) is 15.3. The van der Waals surface area contributed by atoms with Gasteiger partial charge in [0, 0.05) is 31.7 Å². The molecule has 1 aliphatic heterocycles. The van der Waals surface area contributed by atoms with Crippen molar-refractivity contribution in [3.8, 4) is 0 Å². The van der Waals surface area contributed by atoms with Crippen LogP contribution in [0.5, 0.6) is 0 Å². The molecule has 0 unspecified atom stereocenters. The maximum atomic E-state index is 12.8. The van der Waals surface area contributed by atoms with Crippen LogP contribution in [0.1, 0.15) is 47.2 Å². The number of benzene rings is 2. The van der Waals surface area contributed by atoms with E-state index in [1.54, 1.807) is 4.90 Å². The number of halogens is 1. The number of anilines is 1. The molecule has 1 heterocycles. The van der Waals surface area contributed by atoms with Gasteiger partial charge in [-0.25, -0.2) is 13.1 Å². The Hall–Kier alpha value is -2.42. The quantitative estimate of drug-likeness (QED) is 0.572. The van der Waals surface area contributed by atoms with E-state index in [1.807, 2.05) is 18.2 Å². The van der Waals surface area contributed by atoms with Crippen molar-refractivity contribution in [1.29, 1.82) is 0 Å². The van der Waals surface area contributed by atoms with Crippen LogP contribution in [0.25, 0.3) is 0 Å². The van der Waals surface area contributed by atoms with Crippen molar-refractivity contribution >= 4 is 39.1 Å². The second kappa shape index (κ2) is 9.60. The molecule has 0 radical (unpaired) electrons. The van der Waals surface area contributed by atoms with Crippen LogP contribution in [0.2, 0.25) is 5.02 Å². The molecule has 0 aromatic heterocycles. The molecule has 2 aliphatic rings. The monoisotopic (exact) mass is 475 g/mol. The highest BCUT2D eigenvalue weighted by molar-refractivity contribution is 7.89. The van der Waals surface area contributed by atoms with Crippen molar-refractivity contribution in [3.63, 3.8) is 0 Å². The third-order valence-electron chi connectivity index (χ3n) is 5.92. The fraction of sp³-hybridized carbons (Fsp3) is 0.391. The lowest BCUT2D eigenvalue weighted by molar-refractivity contribution is -0.127. The first kappa shape index (κ1) is 22.8. The molecule has 4 rings (SSSR count). The third kappa shape index (κ3) is 5.14. The van der Waals surface area contributed by atoms with Crippen LogP contribution in [-0.2, 0) is 27.7 Å². The van der Waals surface area contributed by atoms with Gasteiger partial charge in [0.25, 0.3) is 5.91 Å². The van der Waals surface area contributed by atoms with Crippen LogP contribution in [0.15, 0.2) is 41.3 Å². The van der Waals surface area contributed by atoms with Gasteiger partial charge in [-0.15, -0.1) is 0 Å². The van der Waals surface area contributed by atoms with E-state index in [4.69, 9.17) is 11.6 Å². The number of nitrogens with zero attached hydrogens (tertiary/aromatic N) is 1. The van der Waals surface area contributed by atoms with Crippen LogP contribution in [-0.4, -0.2) is 44.8 Å². The van der Waals surface area contributed by atoms with Gasteiger partial charge in [0.1, 0.15) is 0 Å². The Morgan fingerprint density at radius 1 is 1.03 bits per heavy atom. The highest BCUT2D eigenvalue weighted by Gasteiger charge is 2.21. The number of hydrogen-bond donors (Lipinski definition) is 2. The highest BCUT2D eigenvalue weighted by Crippen LogP contribution is 2.26. The van der Waals surface area contributed by atoms with Gasteiger partial charge in [-0.05, 0) is 73.6 Å². The summed E-state index contributed by atoms with van der Waals surface area (Å²) in [6.45, 7) is 1.45. The predicted molar refractivity (Wildman–Crippen MR) is 123 cm³/mol. The molecule has 1 fully saturated rings. The number of amides is 2. The summed E-state index contributed by atoms with van der Waals surface area (Å²) in [6, 6.07) is 9.90. The molecule has 32 heavy (non-hydrogen) atoms. The molecule has 0 bridgehead atoms. The number of rotatable bonds is 8. The van der Waals surface area contributed by atoms with E-state index < -0.39 is 15.9 Å². The number of hydrogen-bond acceptors (Lipinski definition) is 4. The van der Waals surface area contributed by atoms with E-state index in [2.05, 4.69) is 10.0 Å². The summed E-state index contributed by atoms with van der Waals surface area (Å²) >= 11 is 6.20. The first-order valence-electron chi connectivity index (χ1n) is 10.8. The minimum atomic E-state index is -3.82. The number of aryl methyl sites for hydroxylation is 2. The second-order valence-corrected chi connectivity index (χ2v) is 10.3. The Bertz CT molecular complexity index is 1150. The number of sulfonamides is 1. The molecular weight excluding hydrogens is 450 g/mol. The van der Waals surface area contributed by atoms with Crippen molar-refractivity contribution in [2.75, 3.05) is 25.0 Å². The topological polar surface area (TPSA) is 95.6 Å². The zero-order chi connectivity index (χ0) is 22.7. The van der Waals surface area contributed by atoms with Crippen LogP contribution in [0, 0.1) is 0 Å². The molecule has 1 aliphatic carbocycles. The molecular formula is C23H26ClN3O4S. The smallest absolute Gasteiger partial charge is 0.257 e. The molecule has 0 spiro atoms.